The summed E-state index contributed by atoms with van der Waals surface area (Å²) in [4.78, 5) is 29.1. The van der Waals surface area contributed by atoms with Crippen molar-refractivity contribution >= 4 is 38.2 Å². The highest BCUT2D eigenvalue weighted by Crippen LogP contribution is 2.38. The second-order valence-electron chi connectivity index (χ2n) is 8.73. The van der Waals surface area contributed by atoms with Crippen molar-refractivity contribution in [3.63, 3.8) is 0 Å². The first-order valence-electron chi connectivity index (χ1n) is 11.7. The monoisotopic (exact) mass is 505 g/mol. The van der Waals surface area contributed by atoms with E-state index in [0.717, 1.165) is 41.7 Å². The molecule has 1 aliphatic heterocycles. The van der Waals surface area contributed by atoms with Gasteiger partial charge in [0.15, 0.2) is 0 Å². The van der Waals surface area contributed by atoms with Gasteiger partial charge in [-0.2, -0.15) is 4.31 Å². The van der Waals surface area contributed by atoms with Gasteiger partial charge >= 0.3 is 5.97 Å². The van der Waals surface area contributed by atoms with Gasteiger partial charge in [0.2, 0.25) is 10.0 Å². The predicted molar refractivity (Wildman–Crippen MR) is 133 cm³/mol. The number of hydrogen-bond donors (Lipinski definition) is 1. The van der Waals surface area contributed by atoms with Crippen LogP contribution in [0.15, 0.2) is 24.3 Å². The molecule has 1 N–H and O–H groups in total. The van der Waals surface area contributed by atoms with Gasteiger partial charge in [0, 0.05) is 43.2 Å². The molecule has 1 amide bonds. The maximum Gasteiger partial charge on any atom is 0.341 e. The molecular weight excluding hydrogens is 474 g/mol. The van der Waals surface area contributed by atoms with E-state index >= 15 is 0 Å². The van der Waals surface area contributed by atoms with Gasteiger partial charge in [0.25, 0.3) is 5.91 Å². The minimum Gasteiger partial charge on any atom is -0.462 e. The van der Waals surface area contributed by atoms with E-state index in [1.807, 2.05) is 18.2 Å². The Morgan fingerprint density at radius 1 is 1.12 bits per heavy atom. The predicted octanol–water partition coefficient (Wildman–Crippen LogP) is 3.13. The van der Waals surface area contributed by atoms with Crippen LogP contribution in [0, 0.1) is 0 Å². The van der Waals surface area contributed by atoms with Gasteiger partial charge in [-0.05, 0) is 55.9 Å². The minimum absolute atomic E-state index is 0.257. The average Bonchev–Trinajstić information content (AvgIpc) is 3.17. The van der Waals surface area contributed by atoms with Crippen molar-refractivity contribution < 1.29 is 22.7 Å². The molecule has 2 heterocycles. The van der Waals surface area contributed by atoms with E-state index in [4.69, 9.17) is 4.74 Å². The summed E-state index contributed by atoms with van der Waals surface area (Å²) in [5.41, 5.74) is 3.03. The van der Waals surface area contributed by atoms with Gasteiger partial charge in [-0.1, -0.05) is 12.1 Å². The van der Waals surface area contributed by atoms with E-state index in [2.05, 4.69) is 10.2 Å². The molecule has 4 rings (SSSR count). The molecule has 0 bridgehead atoms. The molecule has 10 heteroatoms. The molecule has 1 saturated heterocycles. The molecule has 1 fully saturated rings. The maximum absolute atomic E-state index is 13.1. The molecule has 0 atom stereocenters. The largest absolute Gasteiger partial charge is 0.462 e. The number of aryl methyl sites for hydroxylation is 1. The maximum atomic E-state index is 13.1. The molecule has 0 spiro atoms. The number of nitrogens with zero attached hydrogens (tertiary/aromatic N) is 2. The van der Waals surface area contributed by atoms with Crippen molar-refractivity contribution in [2.75, 3.05) is 44.4 Å². The zero-order valence-corrected chi connectivity index (χ0v) is 21.3. The van der Waals surface area contributed by atoms with Gasteiger partial charge in [0.05, 0.1) is 18.4 Å². The van der Waals surface area contributed by atoms with Crippen molar-refractivity contribution in [1.82, 2.24) is 9.21 Å². The number of nitrogens with one attached hydrogen (secondary N) is 1. The average molecular weight is 506 g/mol. The highest BCUT2D eigenvalue weighted by molar-refractivity contribution is 7.88. The van der Waals surface area contributed by atoms with Crippen LogP contribution in [0.25, 0.3) is 0 Å². The van der Waals surface area contributed by atoms with Crippen LogP contribution in [-0.4, -0.2) is 68.5 Å². The quantitative estimate of drug-likeness (QED) is 0.581. The number of esters is 1. The summed E-state index contributed by atoms with van der Waals surface area (Å²) in [5.74, 6) is -0.632. The van der Waals surface area contributed by atoms with Crippen molar-refractivity contribution in [3.05, 3.63) is 51.4 Å². The lowest BCUT2D eigenvalue weighted by atomic mass is 9.95. The second-order valence-corrected chi connectivity index (χ2v) is 11.8. The van der Waals surface area contributed by atoms with E-state index in [1.54, 1.807) is 13.0 Å². The number of hydrogen-bond acceptors (Lipinski definition) is 7. The highest BCUT2D eigenvalue weighted by atomic mass is 32.2. The Hall–Kier alpha value is -2.27. The summed E-state index contributed by atoms with van der Waals surface area (Å²) in [6.45, 7) is 4.94. The topological polar surface area (TPSA) is 96.0 Å². The molecule has 1 aliphatic carbocycles. The molecule has 1 aromatic carbocycles. The second kappa shape index (κ2) is 10.6. The van der Waals surface area contributed by atoms with E-state index < -0.39 is 10.0 Å². The minimum atomic E-state index is -3.16. The number of ether oxygens (including phenoxy) is 1. The van der Waals surface area contributed by atoms with Crippen LogP contribution in [0.3, 0.4) is 0 Å². The molecule has 0 saturated carbocycles. The molecule has 184 valence electrons. The van der Waals surface area contributed by atoms with Crippen LogP contribution < -0.4 is 5.32 Å². The first-order chi connectivity index (χ1) is 16.3. The number of carbonyl (C=O) groups is 2. The zero-order valence-electron chi connectivity index (χ0n) is 19.6. The van der Waals surface area contributed by atoms with E-state index in [-0.39, 0.29) is 18.5 Å². The SMILES string of the molecule is CCOC(=O)c1c(NC(=O)c2cccc(CN3CCN(S(C)(=O)=O)CC3)c2)sc2c1CCCC2. The molecule has 8 nitrogen and oxygen atoms in total. The number of benzene rings is 1. The summed E-state index contributed by atoms with van der Waals surface area (Å²) >= 11 is 1.48. The van der Waals surface area contributed by atoms with Gasteiger partial charge in [-0.15, -0.1) is 11.3 Å². The number of sulfonamides is 1. The van der Waals surface area contributed by atoms with Crippen molar-refractivity contribution in [3.8, 4) is 0 Å². The summed E-state index contributed by atoms with van der Waals surface area (Å²) in [6.07, 6.45) is 5.11. The summed E-state index contributed by atoms with van der Waals surface area (Å²) in [7, 11) is -3.16. The first kappa shape index (κ1) is 24.8. The number of amides is 1. The normalized spacial score (nSPS) is 17.2. The standard InChI is InChI=1S/C24H31N3O5S2/c1-3-32-24(29)21-19-9-4-5-10-20(19)33-23(21)25-22(28)18-8-6-7-17(15-18)16-26-11-13-27(14-12-26)34(2,30)31/h6-8,15H,3-5,9-14,16H2,1-2H3,(H,25,28). The number of carbonyl (C=O) groups excluding carboxylic acids is 2. The van der Waals surface area contributed by atoms with Crippen molar-refractivity contribution in [2.24, 2.45) is 0 Å². The lowest BCUT2D eigenvalue weighted by molar-refractivity contribution is 0.0526. The number of thiophene rings is 1. The summed E-state index contributed by atoms with van der Waals surface area (Å²) in [6, 6.07) is 7.43. The van der Waals surface area contributed by atoms with Gasteiger partial charge < -0.3 is 10.1 Å². The van der Waals surface area contributed by atoms with Gasteiger partial charge in [-0.3, -0.25) is 9.69 Å². The molecular formula is C24H31N3O5S2. The van der Waals surface area contributed by atoms with Crippen LogP contribution in [0.1, 0.15) is 56.5 Å². The Kier molecular flexibility index (Phi) is 7.71. The molecule has 0 radical (unpaired) electrons. The Bertz CT molecular complexity index is 1170. The van der Waals surface area contributed by atoms with Crippen LogP contribution in [-0.2, 0) is 34.1 Å². The van der Waals surface area contributed by atoms with Crippen molar-refractivity contribution in [1.29, 1.82) is 0 Å². The van der Waals surface area contributed by atoms with Crippen LogP contribution in [0.2, 0.25) is 0 Å². The van der Waals surface area contributed by atoms with Crippen LogP contribution >= 0.6 is 11.3 Å². The Balaban J connectivity index is 1.46. The first-order valence-corrected chi connectivity index (χ1v) is 14.3. The molecule has 1 aromatic heterocycles. The van der Waals surface area contributed by atoms with Crippen molar-refractivity contribution in [2.45, 2.75) is 39.2 Å². The van der Waals surface area contributed by atoms with Crippen LogP contribution in [0.4, 0.5) is 5.00 Å². The third kappa shape index (κ3) is 5.68. The lowest BCUT2D eigenvalue weighted by Gasteiger charge is -2.33. The van der Waals surface area contributed by atoms with Crippen LogP contribution in [0.5, 0.6) is 0 Å². The Morgan fingerprint density at radius 2 is 1.85 bits per heavy atom. The zero-order chi connectivity index (χ0) is 24.3. The van der Waals surface area contributed by atoms with E-state index in [1.165, 1.54) is 21.9 Å². The van der Waals surface area contributed by atoms with E-state index in [0.29, 0.717) is 48.9 Å². The third-order valence-electron chi connectivity index (χ3n) is 6.27. The molecule has 0 unspecified atom stereocenters. The lowest BCUT2D eigenvalue weighted by Crippen LogP contribution is -2.47. The third-order valence-corrected chi connectivity index (χ3v) is 8.78. The molecule has 2 aromatic rings. The number of fused-ring (bicyclic) bond motifs is 1. The number of rotatable bonds is 7. The summed E-state index contributed by atoms with van der Waals surface area (Å²) < 4.78 is 30.2. The fraction of sp³-hybridized carbons (Fsp3) is 0.500. The van der Waals surface area contributed by atoms with Gasteiger partial charge in [0.1, 0.15) is 5.00 Å². The summed E-state index contributed by atoms with van der Waals surface area (Å²) in [5, 5.41) is 3.54. The fourth-order valence-electron chi connectivity index (χ4n) is 4.54. The molecule has 34 heavy (non-hydrogen) atoms. The smallest absolute Gasteiger partial charge is 0.341 e. The van der Waals surface area contributed by atoms with E-state index in [9.17, 15) is 18.0 Å². The number of anilines is 1. The Morgan fingerprint density at radius 3 is 2.56 bits per heavy atom. The highest BCUT2D eigenvalue weighted by Gasteiger charge is 2.28. The Labute approximate surface area is 204 Å². The van der Waals surface area contributed by atoms with Gasteiger partial charge in [-0.25, -0.2) is 13.2 Å². The fourth-order valence-corrected chi connectivity index (χ4v) is 6.64. The molecule has 2 aliphatic rings. The number of piperazine rings is 1.